The van der Waals surface area contributed by atoms with Gasteiger partial charge in [-0.3, -0.25) is 14.6 Å². The SMILES string of the molecule is C=Cc1c2[nH]c(c1C)C=C1N=C(C3=C(O)CC(=O)C4=C(C)C(=CC5=NC(=C2)C(C)=C5CC)N=C34)C(CCC(=O)OC)C1C. The third-order valence-corrected chi connectivity index (χ3v) is 9.33. The van der Waals surface area contributed by atoms with E-state index in [1.165, 1.54) is 7.11 Å². The summed E-state index contributed by atoms with van der Waals surface area (Å²) in [6.07, 6.45) is 9.25. The van der Waals surface area contributed by atoms with Gasteiger partial charge in [0.2, 0.25) is 0 Å². The number of aliphatic hydroxyl groups is 1. The predicted molar refractivity (Wildman–Crippen MR) is 171 cm³/mol. The third-order valence-electron chi connectivity index (χ3n) is 9.33. The molecule has 2 atom stereocenters. The summed E-state index contributed by atoms with van der Waals surface area (Å²) in [5, 5.41) is 11.3. The van der Waals surface area contributed by atoms with E-state index in [9.17, 15) is 14.7 Å². The number of fused-ring (bicyclic) bond motifs is 6. The van der Waals surface area contributed by atoms with Crippen LogP contribution in [0, 0.1) is 18.8 Å². The molecule has 8 heteroatoms. The summed E-state index contributed by atoms with van der Waals surface area (Å²) in [5.74, 6) is -0.793. The van der Waals surface area contributed by atoms with Gasteiger partial charge in [-0.25, -0.2) is 9.98 Å². The highest BCUT2D eigenvalue weighted by atomic mass is 16.5. The van der Waals surface area contributed by atoms with E-state index in [1.54, 1.807) is 0 Å². The molecule has 5 heterocycles. The molecular formula is C35H36N4O4. The lowest BCUT2D eigenvalue weighted by Gasteiger charge is -2.23. The van der Waals surface area contributed by atoms with Crippen LogP contribution in [0.5, 0.6) is 0 Å². The summed E-state index contributed by atoms with van der Waals surface area (Å²) in [6, 6.07) is 0. The van der Waals surface area contributed by atoms with E-state index in [4.69, 9.17) is 19.7 Å². The first kappa shape index (κ1) is 28.5. The number of ketones is 1. The Bertz CT molecular complexity index is 1810. The maximum absolute atomic E-state index is 13.3. The maximum atomic E-state index is 13.3. The average Bonchev–Trinajstić information content (AvgIpc) is 3.65. The van der Waals surface area contributed by atoms with E-state index >= 15 is 0 Å². The minimum Gasteiger partial charge on any atom is -0.511 e. The van der Waals surface area contributed by atoms with Gasteiger partial charge in [0.25, 0.3) is 0 Å². The lowest BCUT2D eigenvalue weighted by Crippen LogP contribution is -2.30. The Morgan fingerprint density at radius 2 is 1.84 bits per heavy atom. The van der Waals surface area contributed by atoms with Crippen molar-refractivity contribution in [1.29, 1.82) is 0 Å². The van der Waals surface area contributed by atoms with Crippen LogP contribution in [0.1, 0.15) is 75.9 Å². The average molecular weight is 577 g/mol. The van der Waals surface area contributed by atoms with Crippen molar-refractivity contribution in [3.63, 3.8) is 0 Å². The van der Waals surface area contributed by atoms with Crippen molar-refractivity contribution >= 4 is 47.1 Å². The van der Waals surface area contributed by atoms with Gasteiger partial charge in [-0.2, -0.15) is 0 Å². The molecule has 220 valence electrons. The number of aliphatic imine (C=N–C) groups is 3. The quantitative estimate of drug-likeness (QED) is 0.369. The van der Waals surface area contributed by atoms with Crippen molar-refractivity contribution in [2.75, 3.05) is 7.11 Å². The number of rotatable bonds is 5. The van der Waals surface area contributed by atoms with Gasteiger partial charge in [0, 0.05) is 46.5 Å². The number of hydrogen-bond donors (Lipinski definition) is 2. The number of carbonyl (C=O) groups excluding carboxylic acids is 2. The summed E-state index contributed by atoms with van der Waals surface area (Å²) in [4.78, 5) is 44.2. The molecule has 5 aliphatic rings. The van der Waals surface area contributed by atoms with Gasteiger partial charge in [0.15, 0.2) is 5.78 Å². The lowest BCUT2D eigenvalue weighted by molar-refractivity contribution is -0.140. The number of ether oxygens (including phenoxy) is 1. The van der Waals surface area contributed by atoms with Gasteiger partial charge >= 0.3 is 5.97 Å². The Morgan fingerprint density at radius 3 is 2.53 bits per heavy atom. The zero-order chi connectivity index (χ0) is 30.7. The van der Waals surface area contributed by atoms with Crippen molar-refractivity contribution in [2.24, 2.45) is 26.8 Å². The highest BCUT2D eigenvalue weighted by Crippen LogP contribution is 2.44. The highest BCUT2D eigenvalue weighted by Gasteiger charge is 2.43. The number of esters is 1. The standard InChI is InChI=1S/C35H36N4O4/c1-8-20-16(3)23-12-25-18(5)22(10-11-31(42)43-7)34(38-25)33-30(41)15-29(40)32-19(6)26(39-35(32)33)14-28-21(9-2)17(4)24(37-28)13-27(20)36-23/h8,12-14,18,22,36,41H,1,9-11,15H2,2-7H3. The summed E-state index contributed by atoms with van der Waals surface area (Å²) >= 11 is 0. The van der Waals surface area contributed by atoms with E-state index in [2.05, 4.69) is 45.3 Å². The Labute approximate surface area is 251 Å². The van der Waals surface area contributed by atoms with Crippen molar-refractivity contribution in [2.45, 2.75) is 60.3 Å². The highest BCUT2D eigenvalue weighted by molar-refractivity contribution is 6.42. The summed E-state index contributed by atoms with van der Waals surface area (Å²) < 4.78 is 4.95. The molecule has 1 aromatic rings. The lowest BCUT2D eigenvalue weighted by atomic mass is 9.78. The molecular weight excluding hydrogens is 540 g/mol. The van der Waals surface area contributed by atoms with Crippen LogP contribution in [0.25, 0.3) is 18.2 Å². The molecule has 2 unspecified atom stereocenters. The van der Waals surface area contributed by atoms with Gasteiger partial charge in [0.1, 0.15) is 5.76 Å². The van der Waals surface area contributed by atoms with Gasteiger partial charge in [-0.1, -0.05) is 26.5 Å². The second-order valence-corrected chi connectivity index (χ2v) is 11.7. The number of nitrogens with one attached hydrogen (secondary N) is 1. The number of aromatic nitrogens is 1. The Balaban J connectivity index is 1.65. The molecule has 43 heavy (non-hydrogen) atoms. The topological polar surface area (TPSA) is 116 Å². The minimum atomic E-state index is -0.307. The molecule has 2 N–H and O–H groups in total. The number of Topliss-reactive ketones (excluding diaryl/α,β-unsaturated/α-hetero) is 1. The number of hydrogen-bond acceptors (Lipinski definition) is 7. The van der Waals surface area contributed by atoms with Crippen molar-refractivity contribution in [3.05, 3.63) is 85.9 Å². The number of nitrogens with zero attached hydrogens (tertiary/aromatic N) is 3. The first-order chi connectivity index (χ1) is 20.6. The van der Waals surface area contributed by atoms with Crippen LogP contribution in [0.4, 0.5) is 0 Å². The fraction of sp³-hybridized carbons (Fsp3) is 0.343. The molecule has 0 saturated heterocycles. The van der Waals surface area contributed by atoms with Crippen molar-refractivity contribution < 1.29 is 19.4 Å². The number of carbonyl (C=O) groups is 2. The van der Waals surface area contributed by atoms with Gasteiger partial charge in [-0.05, 0) is 74.1 Å². The molecule has 1 aliphatic carbocycles. The molecule has 8 bridgehead atoms. The second kappa shape index (κ2) is 10.6. The Kier molecular flexibility index (Phi) is 7.03. The summed E-state index contributed by atoms with van der Waals surface area (Å²) in [5.41, 5.74) is 12.0. The second-order valence-electron chi connectivity index (χ2n) is 11.7. The Morgan fingerprint density at radius 1 is 1.09 bits per heavy atom. The van der Waals surface area contributed by atoms with Crippen molar-refractivity contribution in [3.8, 4) is 0 Å². The molecule has 0 amide bonds. The van der Waals surface area contributed by atoms with Crippen LogP contribution >= 0.6 is 0 Å². The predicted octanol–water partition coefficient (Wildman–Crippen LogP) is 6.94. The van der Waals surface area contributed by atoms with Crippen LogP contribution in [-0.4, -0.2) is 46.1 Å². The largest absolute Gasteiger partial charge is 0.511 e. The molecule has 4 aliphatic heterocycles. The molecule has 0 spiro atoms. The molecule has 1 aromatic heterocycles. The fourth-order valence-electron chi connectivity index (χ4n) is 6.82. The van der Waals surface area contributed by atoms with E-state index in [1.807, 2.05) is 25.2 Å². The molecule has 0 saturated carbocycles. The van der Waals surface area contributed by atoms with E-state index < -0.39 is 0 Å². The van der Waals surface area contributed by atoms with E-state index in [0.29, 0.717) is 34.7 Å². The smallest absolute Gasteiger partial charge is 0.305 e. The molecule has 0 aromatic carbocycles. The van der Waals surface area contributed by atoms with Gasteiger partial charge < -0.3 is 14.8 Å². The maximum Gasteiger partial charge on any atom is 0.305 e. The zero-order valence-corrected chi connectivity index (χ0v) is 25.5. The van der Waals surface area contributed by atoms with Crippen molar-refractivity contribution in [1.82, 2.24) is 4.98 Å². The van der Waals surface area contributed by atoms with E-state index in [-0.39, 0.29) is 42.2 Å². The molecule has 0 radical (unpaired) electrons. The molecule has 6 rings (SSSR count). The minimum absolute atomic E-state index is 0.0429. The normalized spacial score (nSPS) is 22.8. The van der Waals surface area contributed by atoms with Gasteiger partial charge in [-0.15, -0.1) is 0 Å². The van der Waals surface area contributed by atoms with Crippen LogP contribution in [0.3, 0.4) is 0 Å². The molecule has 8 nitrogen and oxygen atoms in total. The fourth-order valence-corrected chi connectivity index (χ4v) is 6.82. The number of allylic oxidation sites excluding steroid dienone is 8. The van der Waals surface area contributed by atoms with Gasteiger partial charge in [0.05, 0.1) is 47.6 Å². The summed E-state index contributed by atoms with van der Waals surface area (Å²) in [6.45, 7) is 14.3. The summed E-state index contributed by atoms with van der Waals surface area (Å²) in [7, 11) is 1.38. The number of H-pyrrole nitrogens is 1. The number of aliphatic hydroxyl groups excluding tert-OH is 1. The number of aromatic amines is 1. The zero-order valence-electron chi connectivity index (χ0n) is 25.5. The third kappa shape index (κ3) is 4.47. The molecule has 0 fully saturated rings. The van der Waals surface area contributed by atoms with Crippen LogP contribution in [-0.2, 0) is 14.3 Å². The first-order valence-corrected chi connectivity index (χ1v) is 14.8. The monoisotopic (exact) mass is 576 g/mol. The van der Waals surface area contributed by atoms with Crippen LogP contribution in [0.2, 0.25) is 0 Å². The Hall–Kier alpha value is -4.59. The number of methoxy groups -OCH3 is 1. The first-order valence-electron chi connectivity index (χ1n) is 14.8. The van der Waals surface area contributed by atoms with Crippen LogP contribution < -0.4 is 0 Å². The van der Waals surface area contributed by atoms with E-state index in [0.717, 1.165) is 62.8 Å². The van der Waals surface area contributed by atoms with Crippen LogP contribution in [0.15, 0.2) is 78.3 Å².